The fourth-order valence-corrected chi connectivity index (χ4v) is 1.89. The number of carbonyl (C=O) groups excluding carboxylic acids is 1. The van der Waals surface area contributed by atoms with Crippen molar-refractivity contribution < 1.29 is 14.4 Å². The number of aromatic nitrogens is 2. The normalized spacial score (nSPS) is 10.4. The molecule has 1 heterocycles. The zero-order valence-electron chi connectivity index (χ0n) is 11.3. The molecule has 1 aromatic carbocycles. The van der Waals surface area contributed by atoms with Gasteiger partial charge in [0.25, 0.3) is 5.91 Å². The lowest BCUT2D eigenvalue weighted by Crippen LogP contribution is -2.25. The van der Waals surface area contributed by atoms with Crippen LogP contribution < -0.4 is 4.74 Å². The smallest absolute Gasteiger partial charge is 0.297 e. The van der Waals surface area contributed by atoms with Gasteiger partial charge in [-0.05, 0) is 24.3 Å². The van der Waals surface area contributed by atoms with Gasteiger partial charge < -0.3 is 4.74 Å². The number of rotatable bonds is 4. The van der Waals surface area contributed by atoms with Gasteiger partial charge in [0.15, 0.2) is 5.69 Å². The Labute approximate surface area is 125 Å². The fourth-order valence-electron chi connectivity index (χ4n) is 1.63. The summed E-state index contributed by atoms with van der Waals surface area (Å²) in [7, 11) is 4.47. The third-order valence-corrected chi connectivity index (χ3v) is 3.26. The number of hydrogen-bond acceptors (Lipinski definition) is 4. The summed E-state index contributed by atoms with van der Waals surface area (Å²) < 4.78 is 7.77. The summed E-state index contributed by atoms with van der Waals surface area (Å²) in [4.78, 5) is 16.9. The number of halogens is 1. The lowest BCUT2D eigenvalue weighted by Gasteiger charge is -2.11. The molecule has 0 saturated carbocycles. The van der Waals surface area contributed by atoms with Gasteiger partial charge in [-0.1, -0.05) is 15.9 Å². The van der Waals surface area contributed by atoms with Crippen LogP contribution in [0.4, 0.5) is 0 Å². The van der Waals surface area contributed by atoms with E-state index < -0.39 is 0 Å². The lowest BCUT2D eigenvalue weighted by atomic mass is 10.3. The molecule has 2 rings (SSSR count). The van der Waals surface area contributed by atoms with Crippen LogP contribution in [0.5, 0.6) is 5.88 Å². The molecular formula is C13H14BrN3O3. The van der Waals surface area contributed by atoms with Crippen molar-refractivity contribution in [3.8, 4) is 11.6 Å². The zero-order valence-corrected chi connectivity index (χ0v) is 12.9. The van der Waals surface area contributed by atoms with Crippen molar-refractivity contribution in [3.05, 3.63) is 40.5 Å². The SMILES string of the molecule is COc1cc(C(=O)N(C)OC)nn1-c1ccc(Br)cc1. The maximum Gasteiger partial charge on any atom is 0.297 e. The van der Waals surface area contributed by atoms with Crippen LogP contribution in [0, 0.1) is 0 Å². The molecule has 106 valence electrons. The van der Waals surface area contributed by atoms with E-state index in [1.54, 1.807) is 10.7 Å². The fraction of sp³-hybridized carbons (Fsp3) is 0.231. The number of hydroxylamine groups is 2. The van der Waals surface area contributed by atoms with E-state index in [-0.39, 0.29) is 11.6 Å². The topological polar surface area (TPSA) is 56.6 Å². The largest absolute Gasteiger partial charge is 0.481 e. The van der Waals surface area contributed by atoms with Crippen molar-refractivity contribution in [1.82, 2.24) is 14.8 Å². The molecule has 7 heteroatoms. The summed E-state index contributed by atoms with van der Waals surface area (Å²) in [6, 6.07) is 9.08. The molecule has 0 aliphatic rings. The van der Waals surface area contributed by atoms with Crippen molar-refractivity contribution in [2.24, 2.45) is 0 Å². The van der Waals surface area contributed by atoms with Crippen LogP contribution in [-0.2, 0) is 4.84 Å². The second-order valence-electron chi connectivity index (χ2n) is 3.95. The number of hydrogen-bond donors (Lipinski definition) is 0. The second kappa shape index (κ2) is 6.06. The number of benzene rings is 1. The molecule has 0 fully saturated rings. The summed E-state index contributed by atoms with van der Waals surface area (Å²) in [5.41, 5.74) is 1.04. The first-order valence-electron chi connectivity index (χ1n) is 5.79. The molecule has 0 radical (unpaired) electrons. The van der Waals surface area contributed by atoms with Gasteiger partial charge in [-0.25, -0.2) is 9.75 Å². The van der Waals surface area contributed by atoms with Crippen LogP contribution in [0.2, 0.25) is 0 Å². The molecule has 0 atom stereocenters. The molecule has 0 N–H and O–H groups in total. The molecule has 0 aliphatic heterocycles. The first-order chi connectivity index (χ1) is 9.56. The lowest BCUT2D eigenvalue weighted by molar-refractivity contribution is -0.0760. The van der Waals surface area contributed by atoms with E-state index in [1.807, 2.05) is 24.3 Å². The molecule has 2 aromatic rings. The van der Waals surface area contributed by atoms with Crippen molar-refractivity contribution in [2.75, 3.05) is 21.3 Å². The van der Waals surface area contributed by atoms with Crippen molar-refractivity contribution in [1.29, 1.82) is 0 Å². The highest BCUT2D eigenvalue weighted by Gasteiger charge is 2.19. The average molecular weight is 340 g/mol. The molecule has 0 aliphatic carbocycles. The summed E-state index contributed by atoms with van der Waals surface area (Å²) in [6.45, 7) is 0. The Bertz CT molecular complexity index is 610. The van der Waals surface area contributed by atoms with Crippen molar-refractivity contribution >= 4 is 21.8 Å². The van der Waals surface area contributed by atoms with Gasteiger partial charge in [-0.3, -0.25) is 9.63 Å². The Morgan fingerprint density at radius 3 is 2.50 bits per heavy atom. The second-order valence-corrected chi connectivity index (χ2v) is 4.86. The maximum atomic E-state index is 12.0. The zero-order chi connectivity index (χ0) is 14.7. The van der Waals surface area contributed by atoms with E-state index in [9.17, 15) is 4.79 Å². The highest BCUT2D eigenvalue weighted by atomic mass is 79.9. The Balaban J connectivity index is 2.41. The third kappa shape index (κ3) is 2.83. The van der Waals surface area contributed by atoms with Gasteiger partial charge in [-0.15, -0.1) is 0 Å². The first kappa shape index (κ1) is 14.5. The number of carbonyl (C=O) groups is 1. The summed E-state index contributed by atoms with van der Waals surface area (Å²) in [6.07, 6.45) is 0. The van der Waals surface area contributed by atoms with Crippen LogP contribution in [0.3, 0.4) is 0 Å². The number of methoxy groups -OCH3 is 1. The van der Waals surface area contributed by atoms with E-state index in [2.05, 4.69) is 21.0 Å². The molecule has 6 nitrogen and oxygen atoms in total. The summed E-state index contributed by atoms with van der Waals surface area (Å²) in [5, 5.41) is 5.36. The molecule has 0 unspecified atom stereocenters. The Morgan fingerprint density at radius 2 is 1.95 bits per heavy atom. The van der Waals surface area contributed by atoms with Gasteiger partial charge in [0.1, 0.15) is 0 Å². The molecule has 1 amide bonds. The van der Waals surface area contributed by atoms with Crippen LogP contribution in [0.1, 0.15) is 10.5 Å². The predicted molar refractivity (Wildman–Crippen MR) is 76.9 cm³/mol. The molecule has 20 heavy (non-hydrogen) atoms. The minimum Gasteiger partial charge on any atom is -0.481 e. The minimum atomic E-state index is -0.346. The number of amides is 1. The molecule has 0 bridgehead atoms. The molecular weight excluding hydrogens is 326 g/mol. The van der Waals surface area contributed by atoms with Gasteiger partial charge in [0, 0.05) is 17.6 Å². The predicted octanol–water partition coefficient (Wildman–Crippen LogP) is 2.28. The Hall–Kier alpha value is -1.86. The van der Waals surface area contributed by atoms with Gasteiger partial charge in [0.2, 0.25) is 5.88 Å². The number of nitrogens with zero attached hydrogens (tertiary/aromatic N) is 3. The van der Waals surface area contributed by atoms with Gasteiger partial charge in [-0.2, -0.15) is 5.10 Å². The van der Waals surface area contributed by atoms with Crippen molar-refractivity contribution in [2.45, 2.75) is 0 Å². The molecule has 1 aromatic heterocycles. The van der Waals surface area contributed by atoms with E-state index in [4.69, 9.17) is 9.57 Å². The van der Waals surface area contributed by atoms with Crippen LogP contribution >= 0.6 is 15.9 Å². The average Bonchev–Trinajstić information content (AvgIpc) is 2.90. The van der Waals surface area contributed by atoms with E-state index in [1.165, 1.54) is 21.3 Å². The standard InChI is InChI=1S/C13H14BrN3O3/c1-16(20-3)13(18)11-8-12(19-2)17(15-11)10-6-4-9(14)5-7-10/h4-8H,1-3H3. The molecule has 0 spiro atoms. The Kier molecular flexibility index (Phi) is 4.41. The number of ether oxygens (including phenoxy) is 1. The quantitative estimate of drug-likeness (QED) is 0.802. The van der Waals surface area contributed by atoms with E-state index in [0.717, 1.165) is 15.2 Å². The maximum absolute atomic E-state index is 12.0. The minimum absolute atomic E-state index is 0.245. The summed E-state index contributed by atoms with van der Waals surface area (Å²) in [5.74, 6) is 0.127. The van der Waals surface area contributed by atoms with E-state index >= 15 is 0 Å². The summed E-state index contributed by atoms with van der Waals surface area (Å²) >= 11 is 3.37. The third-order valence-electron chi connectivity index (χ3n) is 2.74. The highest BCUT2D eigenvalue weighted by molar-refractivity contribution is 9.10. The molecule has 0 saturated heterocycles. The van der Waals surface area contributed by atoms with Crippen molar-refractivity contribution in [3.63, 3.8) is 0 Å². The first-order valence-corrected chi connectivity index (χ1v) is 6.58. The highest BCUT2D eigenvalue weighted by Crippen LogP contribution is 2.21. The van der Waals surface area contributed by atoms with E-state index in [0.29, 0.717) is 5.88 Å². The van der Waals surface area contributed by atoms with Crippen LogP contribution in [0.25, 0.3) is 5.69 Å². The van der Waals surface area contributed by atoms with Gasteiger partial charge >= 0.3 is 0 Å². The van der Waals surface area contributed by atoms with Crippen LogP contribution in [0.15, 0.2) is 34.8 Å². The Morgan fingerprint density at radius 1 is 1.30 bits per heavy atom. The van der Waals surface area contributed by atoms with Crippen LogP contribution in [-0.4, -0.2) is 42.0 Å². The van der Waals surface area contributed by atoms with Gasteiger partial charge in [0.05, 0.1) is 19.9 Å². The monoisotopic (exact) mass is 339 g/mol.